The van der Waals surface area contributed by atoms with Crippen LogP contribution in [0, 0.1) is 11.6 Å². The van der Waals surface area contributed by atoms with Gasteiger partial charge in [-0.15, -0.1) is 0 Å². The van der Waals surface area contributed by atoms with Crippen LogP contribution in [0.1, 0.15) is 5.56 Å². The second kappa shape index (κ2) is 4.52. The van der Waals surface area contributed by atoms with Gasteiger partial charge in [0.2, 0.25) is 5.96 Å². The van der Waals surface area contributed by atoms with Crippen molar-refractivity contribution in [2.75, 3.05) is 0 Å². The minimum atomic E-state index is -0.654. The summed E-state index contributed by atoms with van der Waals surface area (Å²) in [5.41, 5.74) is 7.57. The van der Waals surface area contributed by atoms with Crippen LogP contribution in [0.15, 0.2) is 23.2 Å². The lowest BCUT2D eigenvalue weighted by Gasteiger charge is -2.01. The summed E-state index contributed by atoms with van der Waals surface area (Å²) in [4.78, 5) is 3.70. The van der Waals surface area contributed by atoms with Gasteiger partial charge in [-0.25, -0.2) is 19.6 Å². The van der Waals surface area contributed by atoms with Gasteiger partial charge in [-0.2, -0.15) is 0 Å². The zero-order valence-corrected chi connectivity index (χ0v) is 7.30. The average Bonchev–Trinajstić information content (AvgIpc) is 2.16. The lowest BCUT2D eigenvalue weighted by Crippen LogP contribution is -2.37. The summed E-state index contributed by atoms with van der Waals surface area (Å²) in [5, 5.41) is 0. The van der Waals surface area contributed by atoms with Gasteiger partial charge in [-0.3, -0.25) is 5.43 Å². The summed E-state index contributed by atoms with van der Waals surface area (Å²) in [7, 11) is 0. The molecule has 5 N–H and O–H groups in total. The number of benzene rings is 1. The second-order valence-corrected chi connectivity index (χ2v) is 2.58. The molecule has 0 saturated heterocycles. The quantitative estimate of drug-likeness (QED) is 0.277. The molecule has 0 amide bonds. The number of hydrogen-bond acceptors (Lipinski definition) is 2. The first-order valence-corrected chi connectivity index (χ1v) is 3.84. The zero-order chi connectivity index (χ0) is 10.6. The van der Waals surface area contributed by atoms with E-state index in [0.717, 1.165) is 12.1 Å². The van der Waals surface area contributed by atoms with E-state index in [9.17, 15) is 8.78 Å². The Morgan fingerprint density at radius 3 is 2.71 bits per heavy atom. The highest BCUT2D eigenvalue weighted by atomic mass is 19.1. The molecular weight excluding hydrogens is 190 g/mol. The zero-order valence-electron chi connectivity index (χ0n) is 7.30. The maximum absolute atomic E-state index is 13.0. The largest absolute Gasteiger partial charge is 0.369 e. The van der Waals surface area contributed by atoms with Crippen LogP contribution < -0.4 is 17.0 Å². The summed E-state index contributed by atoms with van der Waals surface area (Å²) in [5.74, 6) is 3.65. The molecule has 1 aromatic rings. The number of halogens is 2. The fourth-order valence-electron chi connectivity index (χ4n) is 0.866. The fourth-order valence-corrected chi connectivity index (χ4v) is 0.866. The standard InChI is InChI=1S/C8H10F2N4/c9-6-2-1-5(7(10)3-6)4-13-8(11)14-12/h1-3H,4,12H2,(H3,11,13,14). The van der Waals surface area contributed by atoms with Crippen molar-refractivity contribution in [2.24, 2.45) is 16.6 Å². The first-order chi connectivity index (χ1) is 6.63. The Morgan fingerprint density at radius 2 is 2.14 bits per heavy atom. The van der Waals surface area contributed by atoms with Gasteiger partial charge in [-0.1, -0.05) is 6.07 Å². The van der Waals surface area contributed by atoms with Crippen LogP contribution in [-0.2, 0) is 6.54 Å². The lowest BCUT2D eigenvalue weighted by atomic mass is 10.2. The number of guanidine groups is 1. The molecule has 0 bridgehead atoms. The summed E-state index contributed by atoms with van der Waals surface area (Å²) < 4.78 is 25.5. The minimum Gasteiger partial charge on any atom is -0.369 e. The third kappa shape index (κ3) is 2.67. The van der Waals surface area contributed by atoms with Crippen LogP contribution in [0.4, 0.5) is 8.78 Å². The third-order valence-electron chi connectivity index (χ3n) is 1.58. The van der Waals surface area contributed by atoms with E-state index < -0.39 is 11.6 Å². The molecule has 0 aromatic heterocycles. The van der Waals surface area contributed by atoms with Crippen LogP contribution in [0.3, 0.4) is 0 Å². The summed E-state index contributed by atoms with van der Waals surface area (Å²) >= 11 is 0. The van der Waals surface area contributed by atoms with Crippen molar-refractivity contribution in [1.82, 2.24) is 5.43 Å². The van der Waals surface area contributed by atoms with Gasteiger partial charge in [0.15, 0.2) is 0 Å². The molecule has 0 spiro atoms. The van der Waals surface area contributed by atoms with E-state index in [4.69, 9.17) is 11.6 Å². The molecule has 4 nitrogen and oxygen atoms in total. The molecule has 0 aliphatic heterocycles. The number of hydrogen-bond donors (Lipinski definition) is 3. The van der Waals surface area contributed by atoms with Gasteiger partial charge in [0.1, 0.15) is 11.6 Å². The molecule has 0 unspecified atom stereocenters. The van der Waals surface area contributed by atoms with Crippen LogP contribution >= 0.6 is 0 Å². The molecule has 1 rings (SSSR count). The molecule has 1 aromatic carbocycles. The molecule has 6 heteroatoms. The van der Waals surface area contributed by atoms with Gasteiger partial charge in [-0.05, 0) is 6.07 Å². The molecule has 0 saturated carbocycles. The molecule has 0 atom stereocenters. The maximum Gasteiger partial charge on any atom is 0.203 e. The number of rotatable bonds is 2. The van der Waals surface area contributed by atoms with Crippen molar-refractivity contribution in [2.45, 2.75) is 6.54 Å². The Labute approximate surface area is 79.6 Å². The van der Waals surface area contributed by atoms with E-state index >= 15 is 0 Å². The molecular formula is C8H10F2N4. The van der Waals surface area contributed by atoms with Gasteiger partial charge < -0.3 is 5.73 Å². The fraction of sp³-hybridized carbons (Fsp3) is 0.125. The molecule has 0 fully saturated rings. The topological polar surface area (TPSA) is 76.4 Å². The number of nitrogens with zero attached hydrogens (tertiary/aromatic N) is 1. The van der Waals surface area contributed by atoms with Gasteiger partial charge in [0.05, 0.1) is 6.54 Å². The highest BCUT2D eigenvalue weighted by Gasteiger charge is 2.02. The predicted molar refractivity (Wildman–Crippen MR) is 49.0 cm³/mol. The van der Waals surface area contributed by atoms with Crippen molar-refractivity contribution < 1.29 is 8.78 Å². The van der Waals surface area contributed by atoms with Crippen LogP contribution in [0.25, 0.3) is 0 Å². The second-order valence-electron chi connectivity index (χ2n) is 2.58. The third-order valence-corrected chi connectivity index (χ3v) is 1.58. The number of nitrogens with one attached hydrogen (secondary N) is 1. The van der Waals surface area contributed by atoms with E-state index in [1.165, 1.54) is 6.07 Å². The van der Waals surface area contributed by atoms with E-state index in [1.54, 1.807) is 0 Å². The lowest BCUT2D eigenvalue weighted by molar-refractivity contribution is 0.572. The van der Waals surface area contributed by atoms with Gasteiger partial charge in [0, 0.05) is 11.6 Å². The van der Waals surface area contributed by atoms with E-state index in [1.807, 2.05) is 0 Å². The molecule has 0 aliphatic rings. The smallest absolute Gasteiger partial charge is 0.203 e. The Kier molecular flexibility index (Phi) is 3.35. The summed E-state index contributed by atoms with van der Waals surface area (Å²) in [6.45, 7) is 0.0160. The van der Waals surface area contributed by atoms with E-state index in [2.05, 4.69) is 10.4 Å². The Hall–Kier alpha value is -1.69. The van der Waals surface area contributed by atoms with Crippen molar-refractivity contribution in [1.29, 1.82) is 0 Å². The Bertz CT molecular complexity index is 351. The molecule has 0 aliphatic carbocycles. The van der Waals surface area contributed by atoms with Crippen LogP contribution in [0.5, 0.6) is 0 Å². The number of aliphatic imine (C=N–C) groups is 1. The van der Waals surface area contributed by atoms with E-state index in [0.29, 0.717) is 0 Å². The van der Waals surface area contributed by atoms with E-state index in [-0.39, 0.29) is 18.1 Å². The first kappa shape index (κ1) is 10.4. The van der Waals surface area contributed by atoms with Crippen molar-refractivity contribution in [3.05, 3.63) is 35.4 Å². The van der Waals surface area contributed by atoms with Crippen molar-refractivity contribution in [3.63, 3.8) is 0 Å². The van der Waals surface area contributed by atoms with Crippen LogP contribution in [-0.4, -0.2) is 5.96 Å². The SMILES string of the molecule is NNC(N)=NCc1ccc(F)cc1F. The monoisotopic (exact) mass is 200 g/mol. The van der Waals surface area contributed by atoms with Crippen LogP contribution in [0.2, 0.25) is 0 Å². The highest BCUT2D eigenvalue weighted by molar-refractivity contribution is 5.77. The minimum absolute atomic E-state index is 0.00581. The maximum atomic E-state index is 13.0. The normalized spacial score (nSPS) is 11.5. The Balaban J connectivity index is 2.77. The summed E-state index contributed by atoms with van der Waals surface area (Å²) in [6.07, 6.45) is 0. The van der Waals surface area contributed by atoms with Gasteiger partial charge >= 0.3 is 0 Å². The first-order valence-electron chi connectivity index (χ1n) is 3.84. The molecule has 14 heavy (non-hydrogen) atoms. The Morgan fingerprint density at radius 1 is 1.43 bits per heavy atom. The average molecular weight is 200 g/mol. The number of nitrogens with two attached hydrogens (primary N) is 2. The van der Waals surface area contributed by atoms with Crippen molar-refractivity contribution in [3.8, 4) is 0 Å². The van der Waals surface area contributed by atoms with Crippen molar-refractivity contribution >= 4 is 5.96 Å². The summed E-state index contributed by atoms with van der Waals surface area (Å²) in [6, 6.07) is 3.24. The van der Waals surface area contributed by atoms with Gasteiger partial charge in [0.25, 0.3) is 0 Å². The molecule has 0 radical (unpaired) electrons. The highest BCUT2D eigenvalue weighted by Crippen LogP contribution is 2.10. The predicted octanol–water partition coefficient (Wildman–Crippen LogP) is 0.243. The molecule has 0 heterocycles. The molecule has 76 valence electrons. The number of hydrazine groups is 1.